The first kappa shape index (κ1) is 29.2. The highest BCUT2D eigenvalue weighted by Gasteiger charge is 2.43. The van der Waals surface area contributed by atoms with Gasteiger partial charge in [0.2, 0.25) is 5.95 Å². The lowest BCUT2D eigenvalue weighted by Crippen LogP contribution is -2.38. The number of fused-ring (bicyclic) bond motifs is 1. The second kappa shape index (κ2) is 10.8. The average molecular weight is 605 g/mol. The van der Waals surface area contributed by atoms with Gasteiger partial charge >= 0.3 is 0 Å². The van der Waals surface area contributed by atoms with Crippen molar-refractivity contribution in [2.75, 3.05) is 16.9 Å². The highest BCUT2D eigenvalue weighted by atomic mass is 32.2. The molecule has 2 atom stereocenters. The maximum absolute atomic E-state index is 14.3. The molecule has 0 amide bonds. The highest BCUT2D eigenvalue weighted by molar-refractivity contribution is 7.92. The van der Waals surface area contributed by atoms with Crippen LogP contribution in [0, 0.1) is 37.2 Å². The lowest BCUT2D eigenvalue weighted by Gasteiger charge is -2.30. The van der Waals surface area contributed by atoms with E-state index in [4.69, 9.17) is 4.98 Å². The Labute approximate surface area is 240 Å². The molecule has 0 spiro atoms. The molecule has 3 aromatic heterocycles. The molecule has 5 rings (SSSR count). The summed E-state index contributed by atoms with van der Waals surface area (Å²) in [4.78, 5) is 18.4. The van der Waals surface area contributed by atoms with Crippen molar-refractivity contribution in [2.24, 2.45) is 5.92 Å². The maximum Gasteiger partial charge on any atom is 0.225 e. The Morgan fingerprint density at radius 3 is 2.41 bits per heavy atom. The van der Waals surface area contributed by atoms with E-state index in [0.717, 1.165) is 28.8 Å². The Kier molecular flexibility index (Phi) is 7.70. The van der Waals surface area contributed by atoms with Gasteiger partial charge in [-0.15, -0.1) is 11.3 Å². The Balaban J connectivity index is 1.50. The maximum atomic E-state index is 14.3. The molecule has 218 valence electrons. The summed E-state index contributed by atoms with van der Waals surface area (Å²) >= 11 is 1.47. The smallest absolute Gasteiger partial charge is 0.225 e. The van der Waals surface area contributed by atoms with Crippen LogP contribution in [-0.2, 0) is 16.4 Å². The summed E-state index contributed by atoms with van der Waals surface area (Å²) in [7, 11) is -3.27. The van der Waals surface area contributed by atoms with Crippen LogP contribution in [0.4, 0.5) is 24.9 Å². The molecule has 0 saturated heterocycles. The van der Waals surface area contributed by atoms with E-state index < -0.39 is 32.0 Å². The number of thiazole rings is 1. The van der Waals surface area contributed by atoms with Gasteiger partial charge in [-0.2, -0.15) is 4.98 Å². The quantitative estimate of drug-likeness (QED) is 0.245. The molecule has 0 aliphatic heterocycles. The van der Waals surface area contributed by atoms with Crippen LogP contribution >= 0.6 is 11.3 Å². The zero-order chi connectivity index (χ0) is 29.7. The van der Waals surface area contributed by atoms with Gasteiger partial charge in [0, 0.05) is 42.7 Å². The molecule has 13 heteroatoms. The molecular formula is C28H31F3N6O2S2. The second-order valence-electron chi connectivity index (χ2n) is 11.0. The molecular weight excluding hydrogens is 573 g/mol. The number of pyridine rings is 1. The molecule has 41 heavy (non-hydrogen) atoms. The van der Waals surface area contributed by atoms with Gasteiger partial charge in [0.15, 0.2) is 9.84 Å². The topological polar surface area (TPSA) is 110 Å². The third kappa shape index (κ3) is 5.74. The van der Waals surface area contributed by atoms with E-state index in [-0.39, 0.29) is 30.0 Å². The van der Waals surface area contributed by atoms with Crippen molar-refractivity contribution in [3.63, 3.8) is 0 Å². The van der Waals surface area contributed by atoms with Gasteiger partial charge in [0.1, 0.15) is 33.8 Å². The van der Waals surface area contributed by atoms with Gasteiger partial charge in [0.05, 0.1) is 26.4 Å². The first-order valence-electron chi connectivity index (χ1n) is 13.2. The molecule has 1 aliphatic carbocycles. The van der Waals surface area contributed by atoms with Crippen LogP contribution in [-0.4, -0.2) is 45.4 Å². The molecule has 2 unspecified atom stereocenters. The van der Waals surface area contributed by atoms with Gasteiger partial charge in [-0.1, -0.05) is 0 Å². The lowest BCUT2D eigenvalue weighted by molar-refractivity contribution is 0.404. The Hall–Kier alpha value is -3.32. The number of anilines is 2. The normalized spacial score (nSPS) is 17.8. The van der Waals surface area contributed by atoms with Crippen molar-refractivity contribution in [3.8, 4) is 10.6 Å². The molecule has 1 fully saturated rings. The summed E-state index contributed by atoms with van der Waals surface area (Å²) in [5.41, 5.74) is 2.50. The van der Waals surface area contributed by atoms with Crippen LogP contribution in [0.3, 0.4) is 0 Å². The molecule has 2 N–H and O–H groups in total. The SMILES string of the molecule is Cc1nc(NCc2c(F)cc(F)cc2F)nc(NC2CCC(C(C)(C)S(C)(=O)=O)C2)c1-c1nc2c(C)nccc2s1. The third-order valence-corrected chi connectivity index (χ3v) is 11.3. The van der Waals surface area contributed by atoms with Gasteiger partial charge in [0.25, 0.3) is 0 Å². The van der Waals surface area contributed by atoms with Crippen LogP contribution < -0.4 is 10.6 Å². The number of halogens is 3. The number of hydrogen-bond acceptors (Lipinski definition) is 9. The molecule has 1 aliphatic rings. The summed E-state index contributed by atoms with van der Waals surface area (Å²) in [5.74, 6) is -2.45. The number of nitrogens with zero attached hydrogens (tertiary/aromatic N) is 4. The Bertz CT molecular complexity index is 1720. The first-order chi connectivity index (χ1) is 19.2. The summed E-state index contributed by atoms with van der Waals surface area (Å²) in [6.07, 6.45) is 5.10. The summed E-state index contributed by atoms with van der Waals surface area (Å²) < 4.78 is 66.9. The van der Waals surface area contributed by atoms with Crippen molar-refractivity contribution >= 4 is 43.2 Å². The second-order valence-corrected chi connectivity index (χ2v) is 14.7. The van der Waals surface area contributed by atoms with E-state index in [0.29, 0.717) is 40.6 Å². The van der Waals surface area contributed by atoms with Crippen molar-refractivity contribution in [2.45, 2.75) is 64.3 Å². The van der Waals surface area contributed by atoms with Crippen LogP contribution in [0.25, 0.3) is 20.8 Å². The number of hydrogen-bond donors (Lipinski definition) is 2. The fraction of sp³-hybridized carbons (Fsp3) is 0.429. The molecule has 0 radical (unpaired) electrons. The number of aromatic nitrogens is 4. The summed E-state index contributed by atoms with van der Waals surface area (Å²) in [6.45, 7) is 6.92. The molecule has 3 heterocycles. The molecule has 1 aromatic carbocycles. The molecule has 8 nitrogen and oxygen atoms in total. The number of benzene rings is 1. The van der Waals surface area contributed by atoms with Crippen LogP contribution in [0.15, 0.2) is 24.4 Å². The minimum atomic E-state index is -3.27. The predicted molar refractivity (Wildman–Crippen MR) is 155 cm³/mol. The molecule has 4 aromatic rings. The van der Waals surface area contributed by atoms with Crippen molar-refractivity contribution < 1.29 is 21.6 Å². The largest absolute Gasteiger partial charge is 0.367 e. The van der Waals surface area contributed by atoms with Gasteiger partial charge in [-0.3, -0.25) is 4.98 Å². The van der Waals surface area contributed by atoms with Gasteiger partial charge < -0.3 is 10.6 Å². The first-order valence-corrected chi connectivity index (χ1v) is 15.9. The average Bonchev–Trinajstić information content (AvgIpc) is 3.51. The monoisotopic (exact) mass is 604 g/mol. The van der Waals surface area contributed by atoms with E-state index in [9.17, 15) is 21.6 Å². The van der Waals surface area contributed by atoms with Crippen molar-refractivity contribution in [3.05, 3.63) is 58.8 Å². The minimum Gasteiger partial charge on any atom is -0.367 e. The fourth-order valence-corrected chi connectivity index (χ4v) is 7.18. The fourth-order valence-electron chi connectivity index (χ4n) is 5.25. The number of aryl methyl sites for hydroxylation is 2. The van der Waals surface area contributed by atoms with Gasteiger partial charge in [-0.05, 0) is 58.9 Å². The third-order valence-electron chi connectivity index (χ3n) is 8.04. The van der Waals surface area contributed by atoms with Crippen molar-refractivity contribution in [1.82, 2.24) is 19.9 Å². The Morgan fingerprint density at radius 1 is 1.05 bits per heavy atom. The predicted octanol–water partition coefficient (Wildman–Crippen LogP) is 6.20. The highest BCUT2D eigenvalue weighted by Crippen LogP contribution is 2.42. The Morgan fingerprint density at radius 2 is 1.76 bits per heavy atom. The number of sulfone groups is 1. The van der Waals surface area contributed by atoms with Gasteiger partial charge in [-0.25, -0.2) is 31.6 Å². The number of nitrogens with one attached hydrogen (secondary N) is 2. The van der Waals surface area contributed by atoms with Crippen LogP contribution in [0.1, 0.15) is 50.1 Å². The number of rotatable bonds is 8. The van der Waals surface area contributed by atoms with E-state index in [1.807, 2.05) is 13.0 Å². The van der Waals surface area contributed by atoms with Crippen molar-refractivity contribution in [1.29, 1.82) is 0 Å². The summed E-state index contributed by atoms with van der Waals surface area (Å²) in [5, 5.41) is 7.05. The zero-order valence-corrected chi connectivity index (χ0v) is 25.0. The van der Waals surface area contributed by atoms with E-state index in [1.54, 1.807) is 27.0 Å². The zero-order valence-electron chi connectivity index (χ0n) is 23.3. The van der Waals surface area contributed by atoms with Crippen LogP contribution in [0.5, 0.6) is 0 Å². The summed E-state index contributed by atoms with van der Waals surface area (Å²) in [6, 6.07) is 3.08. The van der Waals surface area contributed by atoms with E-state index in [2.05, 4.69) is 25.6 Å². The minimum absolute atomic E-state index is 0.0421. The lowest BCUT2D eigenvalue weighted by atomic mass is 9.93. The van der Waals surface area contributed by atoms with E-state index >= 15 is 0 Å². The molecule has 1 saturated carbocycles. The van der Waals surface area contributed by atoms with Crippen LogP contribution in [0.2, 0.25) is 0 Å². The standard InChI is InChI=1S/C28H31F3N6O2S2/c1-14-23(26-36-24-15(2)32-9-8-22(24)40-26)25(35-18-7-6-16(10-18)28(3,4)41(5,38)39)37-27(34-14)33-13-19-20(30)11-17(29)12-21(19)31/h8-9,11-12,16,18H,6-7,10,13H2,1-5H3,(H2,33,34,35,37). The van der Waals surface area contributed by atoms with E-state index in [1.165, 1.54) is 17.6 Å². The molecule has 0 bridgehead atoms.